The second-order valence-corrected chi connectivity index (χ2v) is 6.51. The lowest BCUT2D eigenvalue weighted by Gasteiger charge is -2.12. The third-order valence-corrected chi connectivity index (χ3v) is 4.32. The molecular weight excluding hydrogens is 394 g/mol. The fourth-order valence-electron chi connectivity index (χ4n) is 2.36. The maximum Gasteiger partial charge on any atom is 0.193 e. The van der Waals surface area contributed by atoms with Gasteiger partial charge in [0.1, 0.15) is 18.1 Å². The van der Waals surface area contributed by atoms with E-state index in [-0.39, 0.29) is 5.43 Å². The average molecular weight is 409 g/mol. The molecule has 1 N–H and O–H groups in total. The van der Waals surface area contributed by atoms with Gasteiger partial charge in [0.25, 0.3) is 0 Å². The van der Waals surface area contributed by atoms with Crippen molar-refractivity contribution in [1.29, 1.82) is 0 Å². The van der Waals surface area contributed by atoms with Crippen molar-refractivity contribution >= 4 is 38.5 Å². The van der Waals surface area contributed by atoms with Crippen molar-refractivity contribution in [2.75, 3.05) is 20.2 Å². The van der Waals surface area contributed by atoms with Crippen LogP contribution in [0.25, 0.3) is 22.3 Å². The topological polar surface area (TPSA) is 51.5 Å². The third kappa shape index (κ3) is 3.48. The molecule has 4 nitrogen and oxygen atoms in total. The molecule has 0 aliphatic carbocycles. The zero-order valence-electron chi connectivity index (χ0n) is 12.9. The summed E-state index contributed by atoms with van der Waals surface area (Å²) in [4.78, 5) is 12.4. The van der Waals surface area contributed by atoms with E-state index in [0.717, 1.165) is 4.47 Å². The fourth-order valence-corrected chi connectivity index (χ4v) is 2.91. The van der Waals surface area contributed by atoms with Crippen molar-refractivity contribution in [1.82, 2.24) is 5.32 Å². The maximum atomic E-state index is 12.4. The van der Waals surface area contributed by atoms with Crippen molar-refractivity contribution in [2.45, 2.75) is 0 Å². The Morgan fingerprint density at radius 2 is 2.08 bits per heavy atom. The van der Waals surface area contributed by atoms with Crippen LogP contribution in [0.5, 0.6) is 5.75 Å². The Morgan fingerprint density at radius 1 is 1.25 bits per heavy atom. The van der Waals surface area contributed by atoms with Crippen LogP contribution in [0.1, 0.15) is 0 Å². The van der Waals surface area contributed by atoms with Gasteiger partial charge in [0, 0.05) is 17.1 Å². The molecule has 0 spiro atoms. The minimum absolute atomic E-state index is 0.141. The highest BCUT2D eigenvalue weighted by Gasteiger charge is 2.14. The van der Waals surface area contributed by atoms with Crippen molar-refractivity contribution in [3.63, 3.8) is 0 Å². The smallest absolute Gasteiger partial charge is 0.193 e. The van der Waals surface area contributed by atoms with Crippen LogP contribution < -0.4 is 15.5 Å². The Hall–Kier alpha value is -1.82. The molecule has 0 fully saturated rings. The second kappa shape index (κ2) is 7.38. The first-order valence-corrected chi connectivity index (χ1v) is 8.57. The number of benzene rings is 2. The average Bonchev–Trinajstić information content (AvgIpc) is 2.56. The zero-order chi connectivity index (χ0) is 17.1. The number of ether oxygens (including phenoxy) is 1. The van der Waals surface area contributed by atoms with E-state index in [4.69, 9.17) is 20.8 Å². The molecule has 0 amide bonds. The van der Waals surface area contributed by atoms with Crippen LogP contribution in [0.3, 0.4) is 0 Å². The molecular formula is C18H15BrClNO3. The number of hydrogen-bond acceptors (Lipinski definition) is 4. The summed E-state index contributed by atoms with van der Waals surface area (Å²) in [7, 11) is 1.86. The third-order valence-electron chi connectivity index (χ3n) is 3.53. The summed E-state index contributed by atoms with van der Waals surface area (Å²) >= 11 is 9.61. The van der Waals surface area contributed by atoms with E-state index in [9.17, 15) is 4.79 Å². The molecule has 6 heteroatoms. The van der Waals surface area contributed by atoms with Gasteiger partial charge in [-0.05, 0) is 37.4 Å². The Balaban J connectivity index is 2.13. The molecule has 24 heavy (non-hydrogen) atoms. The minimum Gasteiger partial charge on any atom is -0.491 e. The molecule has 3 rings (SSSR count). The summed E-state index contributed by atoms with van der Waals surface area (Å²) in [5.74, 6) is 1.06. The Bertz CT molecular complexity index is 939. The Kier molecular flexibility index (Phi) is 5.23. The van der Waals surface area contributed by atoms with E-state index in [0.29, 0.717) is 46.2 Å². The molecule has 0 bridgehead atoms. The first-order chi connectivity index (χ1) is 11.6. The highest BCUT2D eigenvalue weighted by atomic mass is 79.9. The summed E-state index contributed by atoms with van der Waals surface area (Å²) in [5.41, 5.74) is 0.942. The summed E-state index contributed by atoms with van der Waals surface area (Å²) in [6, 6.07) is 12.2. The van der Waals surface area contributed by atoms with Crippen molar-refractivity contribution in [3.05, 3.63) is 62.2 Å². The largest absolute Gasteiger partial charge is 0.491 e. The van der Waals surface area contributed by atoms with E-state index < -0.39 is 0 Å². The van der Waals surface area contributed by atoms with Crippen LogP contribution in [0.15, 0.2) is 56.1 Å². The van der Waals surface area contributed by atoms with Gasteiger partial charge in [0.05, 0.1) is 16.0 Å². The normalized spacial score (nSPS) is 11.0. The van der Waals surface area contributed by atoms with Gasteiger partial charge >= 0.3 is 0 Å². The van der Waals surface area contributed by atoms with Gasteiger partial charge in [0.15, 0.2) is 11.0 Å². The molecule has 0 aliphatic rings. The number of rotatable bonds is 5. The molecule has 0 aliphatic heterocycles. The lowest BCUT2D eigenvalue weighted by Crippen LogP contribution is -2.16. The molecule has 124 valence electrons. The highest BCUT2D eigenvalue weighted by molar-refractivity contribution is 9.10. The van der Waals surface area contributed by atoms with Gasteiger partial charge in [-0.25, -0.2) is 0 Å². The van der Waals surface area contributed by atoms with E-state index >= 15 is 0 Å². The second-order valence-electron chi connectivity index (χ2n) is 5.18. The summed E-state index contributed by atoms with van der Waals surface area (Å²) < 4.78 is 12.6. The van der Waals surface area contributed by atoms with Crippen LogP contribution in [-0.2, 0) is 0 Å². The highest BCUT2D eigenvalue weighted by Crippen LogP contribution is 2.34. The number of halogens is 2. The molecule has 0 atom stereocenters. The van der Waals surface area contributed by atoms with Crippen LogP contribution in [-0.4, -0.2) is 20.2 Å². The number of para-hydroxylation sites is 1. The quantitative estimate of drug-likeness (QED) is 0.633. The molecule has 0 saturated carbocycles. The predicted molar refractivity (Wildman–Crippen MR) is 100 cm³/mol. The van der Waals surface area contributed by atoms with E-state index in [1.54, 1.807) is 18.2 Å². The molecule has 0 saturated heterocycles. The van der Waals surface area contributed by atoms with E-state index in [1.165, 1.54) is 6.07 Å². The number of fused-ring (bicyclic) bond motifs is 1. The summed E-state index contributed by atoms with van der Waals surface area (Å²) in [6.07, 6.45) is 0. The van der Waals surface area contributed by atoms with Gasteiger partial charge in [-0.3, -0.25) is 4.79 Å². The van der Waals surface area contributed by atoms with Gasteiger partial charge in [0.2, 0.25) is 0 Å². The maximum absolute atomic E-state index is 12.4. The number of likely N-dealkylation sites (N-methyl/N-ethyl adjacent to an activating group) is 1. The lowest BCUT2D eigenvalue weighted by molar-refractivity contribution is 0.319. The fraction of sp³-hybridized carbons (Fsp3) is 0.167. The number of hydrogen-bond donors (Lipinski definition) is 1. The van der Waals surface area contributed by atoms with Crippen LogP contribution in [0.4, 0.5) is 0 Å². The molecule has 2 aromatic carbocycles. The van der Waals surface area contributed by atoms with Gasteiger partial charge in [-0.15, -0.1) is 0 Å². The standard InChI is InChI=1S/C18H15BrClNO3/c1-21-7-8-23-16-9-11(19)5-6-13(16)17-10-15(22)12-3-2-4-14(20)18(12)24-17/h2-6,9-10,21H,7-8H2,1H3. The molecule has 0 unspecified atom stereocenters. The lowest BCUT2D eigenvalue weighted by atomic mass is 10.1. The minimum atomic E-state index is -0.141. The van der Waals surface area contributed by atoms with Crippen molar-refractivity contribution < 1.29 is 9.15 Å². The van der Waals surface area contributed by atoms with Crippen molar-refractivity contribution in [2.24, 2.45) is 0 Å². The summed E-state index contributed by atoms with van der Waals surface area (Å²) in [5, 5.41) is 3.89. The SMILES string of the molecule is CNCCOc1cc(Br)ccc1-c1cc(=O)c2cccc(Cl)c2o1. The number of nitrogens with one attached hydrogen (secondary N) is 1. The molecule has 0 radical (unpaired) electrons. The molecule has 1 aromatic heterocycles. The van der Waals surface area contributed by atoms with Crippen molar-refractivity contribution in [3.8, 4) is 17.1 Å². The summed E-state index contributed by atoms with van der Waals surface area (Å²) in [6.45, 7) is 1.21. The van der Waals surface area contributed by atoms with E-state index in [2.05, 4.69) is 21.2 Å². The molecule has 1 heterocycles. The monoisotopic (exact) mass is 407 g/mol. The van der Waals surface area contributed by atoms with Gasteiger partial charge < -0.3 is 14.5 Å². The predicted octanol–water partition coefficient (Wildman–Crippen LogP) is 4.47. The Morgan fingerprint density at radius 3 is 2.88 bits per heavy atom. The molecule has 3 aromatic rings. The van der Waals surface area contributed by atoms with Crippen LogP contribution >= 0.6 is 27.5 Å². The van der Waals surface area contributed by atoms with Gasteiger partial charge in [-0.2, -0.15) is 0 Å². The van der Waals surface area contributed by atoms with Crippen LogP contribution in [0, 0.1) is 0 Å². The first-order valence-electron chi connectivity index (χ1n) is 7.40. The van der Waals surface area contributed by atoms with Crippen LogP contribution in [0.2, 0.25) is 5.02 Å². The van der Waals surface area contributed by atoms with E-state index in [1.807, 2.05) is 25.2 Å². The Labute approximate surface area is 152 Å². The first kappa shape index (κ1) is 17.0. The zero-order valence-corrected chi connectivity index (χ0v) is 15.3. The van der Waals surface area contributed by atoms with Gasteiger partial charge in [-0.1, -0.05) is 33.6 Å².